The van der Waals surface area contributed by atoms with Crippen molar-refractivity contribution in [2.24, 2.45) is 0 Å². The van der Waals surface area contributed by atoms with E-state index in [4.69, 9.17) is 0 Å². The number of carbonyl (C=O) groups excluding carboxylic acids is 1. The number of Topliss-reactive ketones (excluding diaryl/α,β-unsaturated/α-hetero) is 1. The van der Waals surface area contributed by atoms with Crippen LogP contribution in [-0.4, -0.2) is 10.8 Å². The molecule has 78 valence electrons. The van der Waals surface area contributed by atoms with E-state index in [1.54, 1.807) is 18.3 Å². The molecule has 0 bridgehead atoms. The average molecular weight is 213 g/mol. The first-order chi connectivity index (χ1) is 7.75. The third-order valence-electron chi connectivity index (χ3n) is 2.78. The summed E-state index contributed by atoms with van der Waals surface area (Å²) in [5.74, 6) is -0.429. The zero-order valence-corrected chi connectivity index (χ0v) is 8.40. The van der Waals surface area contributed by atoms with Crippen molar-refractivity contribution >= 4 is 5.78 Å². The van der Waals surface area contributed by atoms with Crippen molar-refractivity contribution < 1.29 is 9.18 Å². The molecule has 0 radical (unpaired) electrons. The largest absolute Gasteiger partial charge is 0.294 e. The van der Waals surface area contributed by atoms with Crippen LogP contribution in [0.1, 0.15) is 15.9 Å². The van der Waals surface area contributed by atoms with Crippen molar-refractivity contribution in [3.63, 3.8) is 0 Å². The Labute approximate surface area is 91.8 Å². The summed E-state index contributed by atoms with van der Waals surface area (Å²) in [6.45, 7) is 0. The second-order valence-electron chi connectivity index (χ2n) is 3.80. The van der Waals surface area contributed by atoms with Gasteiger partial charge in [-0.1, -0.05) is 6.07 Å². The Morgan fingerprint density at radius 3 is 2.94 bits per heavy atom. The van der Waals surface area contributed by atoms with Crippen molar-refractivity contribution in [3.05, 3.63) is 53.5 Å². The SMILES string of the molecule is O=C1Cc2cccnc2-c2ccc(F)cc21. The Bertz CT molecular complexity index is 592. The maximum atomic E-state index is 13.1. The summed E-state index contributed by atoms with van der Waals surface area (Å²) in [4.78, 5) is 16.1. The molecule has 3 heteroatoms. The normalized spacial score (nSPS) is 13.2. The van der Waals surface area contributed by atoms with E-state index < -0.39 is 0 Å². The number of rotatable bonds is 0. The molecule has 1 aromatic carbocycles. The van der Waals surface area contributed by atoms with Gasteiger partial charge in [0.25, 0.3) is 0 Å². The van der Waals surface area contributed by atoms with Gasteiger partial charge in [-0.3, -0.25) is 9.78 Å². The molecule has 1 aromatic heterocycles. The summed E-state index contributed by atoms with van der Waals surface area (Å²) in [6, 6.07) is 7.95. The predicted octanol–water partition coefficient (Wildman–Crippen LogP) is 2.63. The van der Waals surface area contributed by atoms with Crippen LogP contribution in [-0.2, 0) is 6.42 Å². The minimum atomic E-state index is -0.383. The maximum Gasteiger partial charge on any atom is 0.168 e. The van der Waals surface area contributed by atoms with E-state index in [1.807, 2.05) is 6.07 Å². The first kappa shape index (κ1) is 9.21. The molecule has 1 heterocycles. The number of halogens is 1. The highest BCUT2D eigenvalue weighted by Gasteiger charge is 2.23. The fourth-order valence-electron chi connectivity index (χ4n) is 2.05. The lowest BCUT2D eigenvalue weighted by Crippen LogP contribution is -2.13. The van der Waals surface area contributed by atoms with Crippen LogP contribution >= 0.6 is 0 Å². The molecule has 1 aliphatic carbocycles. The lowest BCUT2D eigenvalue weighted by molar-refractivity contribution is 0.0991. The minimum absolute atomic E-state index is 0.0463. The summed E-state index contributed by atoms with van der Waals surface area (Å²) >= 11 is 0. The molecule has 0 fully saturated rings. The highest BCUT2D eigenvalue weighted by atomic mass is 19.1. The number of ketones is 1. The van der Waals surface area contributed by atoms with Crippen molar-refractivity contribution in [1.29, 1.82) is 0 Å². The monoisotopic (exact) mass is 213 g/mol. The summed E-state index contributed by atoms with van der Waals surface area (Å²) in [6.07, 6.45) is 1.99. The molecule has 3 rings (SSSR count). The van der Waals surface area contributed by atoms with E-state index in [0.29, 0.717) is 12.0 Å². The molecule has 0 unspecified atom stereocenters. The van der Waals surface area contributed by atoms with E-state index in [-0.39, 0.29) is 11.6 Å². The second kappa shape index (κ2) is 3.23. The highest BCUT2D eigenvalue weighted by Crippen LogP contribution is 2.31. The van der Waals surface area contributed by atoms with E-state index in [2.05, 4.69) is 4.98 Å². The standard InChI is InChI=1S/C13H8FNO/c14-9-3-4-10-11(7-9)12(16)6-8-2-1-5-15-13(8)10/h1-5,7H,6H2. The molecular formula is C13H8FNO. The van der Waals surface area contributed by atoms with Crippen LogP contribution in [0.25, 0.3) is 11.3 Å². The van der Waals surface area contributed by atoms with Crippen LogP contribution in [0.3, 0.4) is 0 Å². The Morgan fingerprint density at radius 1 is 1.19 bits per heavy atom. The molecule has 0 atom stereocenters. The molecule has 2 aromatic rings. The van der Waals surface area contributed by atoms with E-state index in [9.17, 15) is 9.18 Å². The van der Waals surface area contributed by atoms with Crippen LogP contribution < -0.4 is 0 Å². The molecule has 0 saturated heterocycles. The van der Waals surface area contributed by atoms with E-state index in [1.165, 1.54) is 12.1 Å². The molecule has 0 N–H and O–H groups in total. The average Bonchev–Trinajstić information content (AvgIpc) is 2.29. The van der Waals surface area contributed by atoms with E-state index in [0.717, 1.165) is 16.8 Å². The van der Waals surface area contributed by atoms with Gasteiger partial charge in [-0.05, 0) is 29.8 Å². The fraction of sp³-hybridized carbons (Fsp3) is 0.0769. The van der Waals surface area contributed by atoms with Gasteiger partial charge in [0.1, 0.15) is 5.82 Å². The van der Waals surface area contributed by atoms with Gasteiger partial charge >= 0.3 is 0 Å². The first-order valence-corrected chi connectivity index (χ1v) is 5.03. The molecule has 1 aliphatic rings. The van der Waals surface area contributed by atoms with Crippen LogP contribution in [0.15, 0.2) is 36.5 Å². The predicted molar refractivity (Wildman–Crippen MR) is 57.7 cm³/mol. The second-order valence-corrected chi connectivity index (χ2v) is 3.80. The quantitative estimate of drug-likeness (QED) is 0.673. The third kappa shape index (κ3) is 1.25. The smallest absolute Gasteiger partial charge is 0.168 e. The molecule has 0 amide bonds. The van der Waals surface area contributed by atoms with Gasteiger partial charge in [0.15, 0.2) is 5.78 Å². The third-order valence-corrected chi connectivity index (χ3v) is 2.78. The lowest BCUT2D eigenvalue weighted by atomic mass is 9.88. The van der Waals surface area contributed by atoms with Gasteiger partial charge in [-0.25, -0.2) is 4.39 Å². The number of nitrogens with zero attached hydrogens (tertiary/aromatic N) is 1. The van der Waals surface area contributed by atoms with Crippen LogP contribution in [0.4, 0.5) is 4.39 Å². The topological polar surface area (TPSA) is 30.0 Å². The van der Waals surface area contributed by atoms with Crippen molar-refractivity contribution in [1.82, 2.24) is 4.98 Å². The Hall–Kier alpha value is -2.03. The molecule has 0 saturated carbocycles. The number of hydrogen-bond donors (Lipinski definition) is 0. The zero-order valence-electron chi connectivity index (χ0n) is 8.40. The summed E-state index contributed by atoms with van der Waals surface area (Å²) in [5.41, 5.74) is 2.86. The van der Waals surface area contributed by atoms with Crippen molar-refractivity contribution in [2.45, 2.75) is 6.42 Å². The van der Waals surface area contributed by atoms with Gasteiger partial charge in [-0.2, -0.15) is 0 Å². The van der Waals surface area contributed by atoms with E-state index >= 15 is 0 Å². The molecule has 0 aliphatic heterocycles. The molecule has 0 spiro atoms. The summed E-state index contributed by atoms with van der Waals surface area (Å²) < 4.78 is 13.1. The highest BCUT2D eigenvalue weighted by molar-refractivity contribution is 6.06. The van der Waals surface area contributed by atoms with Gasteiger partial charge in [0.05, 0.1) is 5.69 Å². The van der Waals surface area contributed by atoms with Gasteiger partial charge in [0, 0.05) is 23.7 Å². The minimum Gasteiger partial charge on any atom is -0.294 e. The molecule has 2 nitrogen and oxygen atoms in total. The first-order valence-electron chi connectivity index (χ1n) is 5.03. The number of aromatic nitrogens is 1. The number of carbonyl (C=O) groups is 1. The Morgan fingerprint density at radius 2 is 2.06 bits per heavy atom. The zero-order chi connectivity index (χ0) is 11.1. The van der Waals surface area contributed by atoms with Gasteiger partial charge < -0.3 is 0 Å². The maximum absolute atomic E-state index is 13.1. The number of fused-ring (bicyclic) bond motifs is 3. The molecular weight excluding hydrogens is 205 g/mol. The number of hydrogen-bond acceptors (Lipinski definition) is 2. The fourth-order valence-corrected chi connectivity index (χ4v) is 2.05. The number of pyridine rings is 1. The van der Waals surface area contributed by atoms with Crippen LogP contribution in [0.5, 0.6) is 0 Å². The van der Waals surface area contributed by atoms with Gasteiger partial charge in [-0.15, -0.1) is 0 Å². The van der Waals surface area contributed by atoms with Crippen LogP contribution in [0.2, 0.25) is 0 Å². The number of benzene rings is 1. The van der Waals surface area contributed by atoms with Crippen molar-refractivity contribution in [2.75, 3.05) is 0 Å². The summed E-state index contributed by atoms with van der Waals surface area (Å²) in [5, 5.41) is 0. The lowest BCUT2D eigenvalue weighted by Gasteiger charge is -2.17. The van der Waals surface area contributed by atoms with Crippen LogP contribution in [0, 0.1) is 5.82 Å². The Kier molecular flexibility index (Phi) is 1.86. The summed E-state index contributed by atoms with van der Waals surface area (Å²) in [7, 11) is 0. The molecule has 16 heavy (non-hydrogen) atoms. The van der Waals surface area contributed by atoms with Crippen molar-refractivity contribution in [3.8, 4) is 11.3 Å². The Balaban J connectivity index is 2.33. The van der Waals surface area contributed by atoms with Gasteiger partial charge in [0.2, 0.25) is 0 Å².